The molecule has 1 rings (SSSR count). The number of benzene rings is 1. The van der Waals surface area contributed by atoms with Crippen LogP contribution in [0.2, 0.25) is 5.02 Å². The maximum Gasteiger partial charge on any atom is 0.340 e. The zero-order valence-electron chi connectivity index (χ0n) is 7.78. The lowest BCUT2D eigenvalue weighted by atomic mass is 10.0. The molecule has 0 unspecified atom stereocenters. The Morgan fingerprint density at radius 3 is 2.73 bits per heavy atom. The maximum absolute atomic E-state index is 11.3. The van der Waals surface area contributed by atoms with Gasteiger partial charge in [-0.2, -0.15) is 5.26 Å². The minimum absolute atomic E-state index is 0.0446. The van der Waals surface area contributed by atoms with Gasteiger partial charge in [0.05, 0.1) is 29.3 Å². The van der Waals surface area contributed by atoms with Crippen molar-refractivity contribution in [3.8, 4) is 6.07 Å². The molecular weight excluding hydrogens is 218 g/mol. The molecule has 0 N–H and O–H groups in total. The summed E-state index contributed by atoms with van der Waals surface area (Å²) < 4.78 is 4.47. The molecule has 5 heteroatoms. The fraction of sp³-hybridized carbons (Fsp3) is 0.100. The largest absolute Gasteiger partial charge is 0.465 e. The molecule has 1 aromatic rings. The van der Waals surface area contributed by atoms with Crippen LogP contribution in [-0.2, 0) is 4.74 Å². The molecular formula is C10H6ClNO3. The zero-order chi connectivity index (χ0) is 11.4. The number of rotatable bonds is 2. The fourth-order valence-corrected chi connectivity index (χ4v) is 1.36. The first-order valence-corrected chi connectivity index (χ1v) is 4.29. The molecule has 0 aromatic heterocycles. The molecule has 0 saturated carbocycles. The summed E-state index contributed by atoms with van der Waals surface area (Å²) in [4.78, 5) is 22.1. The summed E-state index contributed by atoms with van der Waals surface area (Å²) in [6, 6.07) is 4.54. The Morgan fingerprint density at radius 2 is 2.27 bits per heavy atom. The molecule has 0 heterocycles. The van der Waals surface area contributed by atoms with Crippen LogP contribution in [0.5, 0.6) is 0 Å². The molecule has 0 atom stereocenters. The van der Waals surface area contributed by atoms with Crippen LogP contribution in [0.4, 0.5) is 0 Å². The number of esters is 1. The second-order valence-corrected chi connectivity index (χ2v) is 3.01. The van der Waals surface area contributed by atoms with E-state index in [1.807, 2.05) is 0 Å². The lowest BCUT2D eigenvalue weighted by Crippen LogP contribution is -2.08. The summed E-state index contributed by atoms with van der Waals surface area (Å²) in [5, 5.41) is 8.80. The normalized spacial score (nSPS) is 9.13. The van der Waals surface area contributed by atoms with Crippen LogP contribution >= 0.6 is 11.6 Å². The van der Waals surface area contributed by atoms with Gasteiger partial charge in [0.15, 0.2) is 6.29 Å². The zero-order valence-corrected chi connectivity index (χ0v) is 8.54. The van der Waals surface area contributed by atoms with Gasteiger partial charge in [0.25, 0.3) is 0 Å². The molecule has 0 spiro atoms. The monoisotopic (exact) mass is 223 g/mol. The SMILES string of the molecule is COC(=O)c1c(Cl)ccc(C#N)c1C=O. The van der Waals surface area contributed by atoms with E-state index in [-0.39, 0.29) is 21.7 Å². The lowest BCUT2D eigenvalue weighted by Gasteiger charge is -2.05. The van der Waals surface area contributed by atoms with Gasteiger partial charge in [-0.1, -0.05) is 11.6 Å². The van der Waals surface area contributed by atoms with E-state index in [1.165, 1.54) is 19.2 Å². The number of hydrogen-bond acceptors (Lipinski definition) is 4. The molecule has 1 aromatic carbocycles. The van der Waals surface area contributed by atoms with Crippen LogP contribution in [0.15, 0.2) is 12.1 Å². The van der Waals surface area contributed by atoms with Gasteiger partial charge in [0, 0.05) is 5.56 Å². The van der Waals surface area contributed by atoms with Crippen LogP contribution in [0.1, 0.15) is 26.3 Å². The first-order valence-electron chi connectivity index (χ1n) is 3.91. The van der Waals surface area contributed by atoms with Gasteiger partial charge in [-0.15, -0.1) is 0 Å². The summed E-state index contributed by atoms with van der Waals surface area (Å²) in [5.41, 5.74) is -0.0279. The number of ether oxygens (including phenoxy) is 1. The van der Waals surface area contributed by atoms with Crippen LogP contribution < -0.4 is 0 Å². The molecule has 15 heavy (non-hydrogen) atoms. The average Bonchev–Trinajstić information content (AvgIpc) is 2.27. The summed E-state index contributed by atoms with van der Waals surface area (Å²) >= 11 is 5.74. The Hall–Kier alpha value is -1.86. The maximum atomic E-state index is 11.3. The Balaban J connectivity index is 3.54. The molecule has 0 radical (unpaired) electrons. The van der Waals surface area contributed by atoms with Crippen LogP contribution in [0.3, 0.4) is 0 Å². The topological polar surface area (TPSA) is 67.2 Å². The molecule has 0 amide bonds. The van der Waals surface area contributed by atoms with Gasteiger partial charge in [-0.3, -0.25) is 4.79 Å². The summed E-state index contributed by atoms with van der Waals surface area (Å²) in [5.74, 6) is -0.737. The highest BCUT2D eigenvalue weighted by Gasteiger charge is 2.18. The third-order valence-corrected chi connectivity index (χ3v) is 2.14. The first-order chi connectivity index (χ1) is 7.15. The van der Waals surface area contributed by atoms with E-state index < -0.39 is 5.97 Å². The van der Waals surface area contributed by atoms with Crippen molar-refractivity contribution >= 4 is 23.9 Å². The number of nitriles is 1. The van der Waals surface area contributed by atoms with E-state index in [4.69, 9.17) is 16.9 Å². The van der Waals surface area contributed by atoms with E-state index in [2.05, 4.69) is 4.74 Å². The average molecular weight is 224 g/mol. The van der Waals surface area contributed by atoms with E-state index in [0.29, 0.717) is 6.29 Å². The number of hydrogen-bond donors (Lipinski definition) is 0. The van der Waals surface area contributed by atoms with Crippen LogP contribution in [0.25, 0.3) is 0 Å². The van der Waals surface area contributed by atoms with Crippen molar-refractivity contribution in [2.75, 3.05) is 7.11 Å². The number of aldehydes is 1. The van der Waals surface area contributed by atoms with Gasteiger partial charge in [-0.05, 0) is 12.1 Å². The van der Waals surface area contributed by atoms with Crippen molar-refractivity contribution in [3.63, 3.8) is 0 Å². The van der Waals surface area contributed by atoms with Gasteiger partial charge in [0.2, 0.25) is 0 Å². The van der Waals surface area contributed by atoms with Gasteiger partial charge >= 0.3 is 5.97 Å². The second-order valence-electron chi connectivity index (χ2n) is 2.60. The lowest BCUT2D eigenvalue weighted by molar-refractivity contribution is 0.0598. The standard InChI is InChI=1S/C10H6ClNO3/c1-15-10(14)9-7(5-13)6(4-12)2-3-8(9)11/h2-3,5H,1H3. The Bertz CT molecular complexity index is 462. The van der Waals surface area contributed by atoms with Crippen molar-refractivity contribution in [2.45, 2.75) is 0 Å². The molecule has 0 aliphatic rings. The number of carbonyl (C=O) groups is 2. The molecule has 0 saturated heterocycles. The van der Waals surface area contributed by atoms with Crippen molar-refractivity contribution in [1.82, 2.24) is 0 Å². The highest BCUT2D eigenvalue weighted by Crippen LogP contribution is 2.22. The Kier molecular flexibility index (Phi) is 3.42. The Labute approximate surface area is 91.0 Å². The summed E-state index contributed by atoms with van der Waals surface area (Å²) in [6.07, 6.45) is 0.413. The van der Waals surface area contributed by atoms with Crippen molar-refractivity contribution < 1.29 is 14.3 Å². The van der Waals surface area contributed by atoms with Crippen molar-refractivity contribution in [1.29, 1.82) is 5.26 Å². The van der Waals surface area contributed by atoms with Crippen molar-refractivity contribution in [3.05, 3.63) is 33.8 Å². The fourth-order valence-electron chi connectivity index (χ4n) is 1.12. The van der Waals surface area contributed by atoms with Gasteiger partial charge in [0.1, 0.15) is 0 Å². The third-order valence-electron chi connectivity index (χ3n) is 1.82. The second kappa shape index (κ2) is 4.58. The minimum Gasteiger partial charge on any atom is -0.465 e. The van der Waals surface area contributed by atoms with Crippen LogP contribution in [-0.4, -0.2) is 19.4 Å². The molecule has 4 nitrogen and oxygen atoms in total. The molecule has 0 bridgehead atoms. The predicted octanol–water partition coefficient (Wildman–Crippen LogP) is 1.81. The third kappa shape index (κ3) is 1.97. The van der Waals surface area contributed by atoms with Crippen molar-refractivity contribution in [2.24, 2.45) is 0 Å². The van der Waals surface area contributed by atoms with Gasteiger partial charge in [-0.25, -0.2) is 4.79 Å². The first kappa shape index (κ1) is 11.2. The molecule has 0 fully saturated rings. The molecule has 76 valence electrons. The number of nitrogens with zero attached hydrogens (tertiary/aromatic N) is 1. The summed E-state index contributed by atoms with van der Waals surface area (Å²) in [6.45, 7) is 0. The van der Waals surface area contributed by atoms with E-state index in [0.717, 1.165) is 0 Å². The highest BCUT2D eigenvalue weighted by atomic mass is 35.5. The number of carbonyl (C=O) groups excluding carboxylic acids is 2. The number of methoxy groups -OCH3 is 1. The summed E-state index contributed by atoms with van der Waals surface area (Å²) in [7, 11) is 1.17. The number of halogens is 1. The van der Waals surface area contributed by atoms with Crippen LogP contribution in [0, 0.1) is 11.3 Å². The van der Waals surface area contributed by atoms with Gasteiger partial charge < -0.3 is 4.74 Å². The van der Waals surface area contributed by atoms with E-state index in [9.17, 15) is 9.59 Å². The van der Waals surface area contributed by atoms with E-state index >= 15 is 0 Å². The smallest absolute Gasteiger partial charge is 0.340 e. The minimum atomic E-state index is -0.737. The van der Waals surface area contributed by atoms with E-state index in [1.54, 1.807) is 6.07 Å². The molecule has 0 aliphatic carbocycles. The Morgan fingerprint density at radius 1 is 1.60 bits per heavy atom. The predicted molar refractivity (Wildman–Crippen MR) is 52.9 cm³/mol. The molecule has 0 aliphatic heterocycles. The highest BCUT2D eigenvalue weighted by molar-refractivity contribution is 6.34. The quantitative estimate of drug-likeness (QED) is 0.567.